The first-order valence-electron chi connectivity index (χ1n) is 11.5. The number of carbonyl (C=O) groups excluding carboxylic acids is 3. The maximum absolute atomic E-state index is 13.8. The minimum atomic E-state index is -1.06. The Hall–Kier alpha value is -3.72. The molecule has 0 radical (unpaired) electrons. The van der Waals surface area contributed by atoms with Gasteiger partial charge in [0.25, 0.3) is 11.8 Å². The number of aliphatic imine (C=N–C) groups is 1. The number of hydrogen-bond acceptors (Lipinski definition) is 6. The molecule has 0 bridgehead atoms. The van der Waals surface area contributed by atoms with E-state index < -0.39 is 17.8 Å². The molecule has 1 saturated heterocycles. The van der Waals surface area contributed by atoms with Crippen molar-refractivity contribution in [3.63, 3.8) is 0 Å². The third-order valence-electron chi connectivity index (χ3n) is 6.44. The van der Waals surface area contributed by atoms with Crippen LogP contribution in [0.1, 0.15) is 54.9 Å². The first-order valence-corrected chi connectivity index (χ1v) is 12.3. The monoisotopic (exact) mass is 489 g/mol. The highest BCUT2D eigenvalue weighted by Gasteiger charge is 2.45. The van der Waals surface area contributed by atoms with Gasteiger partial charge in [-0.15, -0.1) is 0 Å². The quantitative estimate of drug-likeness (QED) is 0.632. The lowest BCUT2D eigenvalue weighted by Gasteiger charge is -2.30. The summed E-state index contributed by atoms with van der Waals surface area (Å²) in [5, 5.41) is 9.77. The molecule has 1 saturated carbocycles. The van der Waals surface area contributed by atoms with E-state index in [1.807, 2.05) is 0 Å². The molecule has 178 valence electrons. The van der Waals surface area contributed by atoms with Crippen molar-refractivity contribution in [1.29, 1.82) is 0 Å². The smallest absolute Gasteiger partial charge is 0.335 e. The van der Waals surface area contributed by atoms with Crippen LogP contribution in [-0.2, 0) is 14.4 Å². The van der Waals surface area contributed by atoms with Gasteiger partial charge in [0.05, 0.1) is 27.4 Å². The summed E-state index contributed by atoms with van der Waals surface area (Å²) in [5.41, 5.74) is 1.72. The van der Waals surface area contributed by atoms with E-state index in [0.29, 0.717) is 22.1 Å². The largest absolute Gasteiger partial charge is 0.478 e. The molecule has 2 heterocycles. The Morgan fingerprint density at radius 2 is 1.74 bits per heavy atom. The van der Waals surface area contributed by atoms with Crippen LogP contribution in [0.15, 0.2) is 58.4 Å². The number of carboxylic acids is 1. The number of anilines is 1. The fourth-order valence-corrected chi connectivity index (χ4v) is 5.99. The van der Waals surface area contributed by atoms with E-state index in [1.165, 1.54) is 19.1 Å². The molecule has 2 aliphatic heterocycles. The van der Waals surface area contributed by atoms with Crippen molar-refractivity contribution in [2.45, 2.75) is 45.1 Å². The molecule has 0 spiro atoms. The van der Waals surface area contributed by atoms with Gasteiger partial charge >= 0.3 is 5.97 Å². The van der Waals surface area contributed by atoms with Gasteiger partial charge in [-0.2, -0.15) is 0 Å². The standard InChI is InChI=1S/C26H23N3O5S/c1-15(30)28-20-13-6-5-12-19(20)21(23(28)31)22-24(32)29(18-10-3-2-4-11-18)26(35-22)27-17-9-7-8-16(14-17)25(33)34/h5-9,12-14,18H,2-4,10-11H2,1H3,(H,33,34)/b22-21-,27-26?. The van der Waals surface area contributed by atoms with Crippen LogP contribution in [0, 0.1) is 0 Å². The first kappa shape index (κ1) is 23.0. The second-order valence-corrected chi connectivity index (χ2v) is 9.68. The van der Waals surface area contributed by atoms with Gasteiger partial charge in [-0.3, -0.25) is 19.3 Å². The Kier molecular flexibility index (Phi) is 6.02. The van der Waals surface area contributed by atoms with E-state index in [4.69, 9.17) is 0 Å². The van der Waals surface area contributed by atoms with E-state index in [-0.39, 0.29) is 28.0 Å². The van der Waals surface area contributed by atoms with Gasteiger partial charge in [-0.1, -0.05) is 43.5 Å². The summed E-state index contributed by atoms with van der Waals surface area (Å²) in [7, 11) is 0. The molecule has 1 aliphatic carbocycles. The summed E-state index contributed by atoms with van der Waals surface area (Å²) in [6.45, 7) is 1.32. The molecule has 2 aromatic carbocycles. The number of aromatic carboxylic acids is 1. The Bertz CT molecular complexity index is 1330. The average molecular weight is 490 g/mol. The van der Waals surface area contributed by atoms with Crippen LogP contribution in [0.2, 0.25) is 0 Å². The Morgan fingerprint density at radius 3 is 2.46 bits per heavy atom. The topological polar surface area (TPSA) is 107 Å². The molecular formula is C26H23N3O5S. The van der Waals surface area contributed by atoms with Crippen LogP contribution in [0.3, 0.4) is 0 Å². The van der Waals surface area contributed by atoms with Gasteiger partial charge < -0.3 is 5.11 Å². The highest BCUT2D eigenvalue weighted by molar-refractivity contribution is 8.18. The number of benzene rings is 2. The van der Waals surface area contributed by atoms with E-state index in [0.717, 1.165) is 48.8 Å². The average Bonchev–Trinajstić information content (AvgIpc) is 3.32. The first-order chi connectivity index (χ1) is 16.9. The van der Waals surface area contributed by atoms with E-state index in [1.54, 1.807) is 41.3 Å². The van der Waals surface area contributed by atoms with Gasteiger partial charge in [0.2, 0.25) is 5.91 Å². The third-order valence-corrected chi connectivity index (χ3v) is 7.50. The molecule has 0 aromatic heterocycles. The number of para-hydroxylation sites is 1. The third kappa shape index (κ3) is 4.05. The van der Waals surface area contributed by atoms with Crippen LogP contribution in [0.25, 0.3) is 5.57 Å². The van der Waals surface area contributed by atoms with Crippen molar-refractivity contribution in [2.24, 2.45) is 4.99 Å². The molecule has 3 aliphatic rings. The van der Waals surface area contributed by atoms with Crippen molar-refractivity contribution in [2.75, 3.05) is 4.90 Å². The molecule has 2 aromatic rings. The zero-order valence-corrected chi connectivity index (χ0v) is 19.9. The van der Waals surface area contributed by atoms with Crippen LogP contribution in [0.4, 0.5) is 11.4 Å². The van der Waals surface area contributed by atoms with Crippen molar-refractivity contribution >= 4 is 57.6 Å². The molecule has 2 fully saturated rings. The normalized spacial score (nSPS) is 21.7. The van der Waals surface area contributed by atoms with Crippen LogP contribution >= 0.6 is 11.8 Å². The SMILES string of the molecule is CC(=O)N1C(=O)/C(=C2\SC(=Nc3cccc(C(=O)O)c3)N(C3CCCCC3)C2=O)c2ccccc21. The van der Waals surface area contributed by atoms with E-state index in [2.05, 4.69) is 4.99 Å². The lowest BCUT2D eigenvalue weighted by molar-refractivity contribution is -0.125. The summed E-state index contributed by atoms with van der Waals surface area (Å²) in [6.07, 6.45) is 4.74. The molecule has 3 amide bonds. The zero-order valence-electron chi connectivity index (χ0n) is 19.1. The van der Waals surface area contributed by atoms with Gasteiger partial charge in [0.15, 0.2) is 5.17 Å². The van der Waals surface area contributed by atoms with Crippen molar-refractivity contribution in [1.82, 2.24) is 4.90 Å². The van der Waals surface area contributed by atoms with Gasteiger partial charge in [0.1, 0.15) is 0 Å². The van der Waals surface area contributed by atoms with E-state index >= 15 is 0 Å². The van der Waals surface area contributed by atoms with Crippen LogP contribution < -0.4 is 4.90 Å². The summed E-state index contributed by atoms with van der Waals surface area (Å²) in [5.74, 6) is -2.31. The lowest BCUT2D eigenvalue weighted by atomic mass is 9.94. The number of rotatable bonds is 3. The van der Waals surface area contributed by atoms with Crippen molar-refractivity contribution < 1.29 is 24.3 Å². The highest BCUT2D eigenvalue weighted by atomic mass is 32.2. The number of amidine groups is 1. The van der Waals surface area contributed by atoms with Crippen LogP contribution in [0.5, 0.6) is 0 Å². The molecule has 9 heteroatoms. The summed E-state index contributed by atoms with van der Waals surface area (Å²) in [6, 6.07) is 13.1. The number of imide groups is 1. The number of carboxylic acid groups (broad SMARTS) is 1. The Morgan fingerprint density at radius 1 is 1.00 bits per heavy atom. The Labute approximate surface area is 206 Å². The maximum atomic E-state index is 13.8. The number of nitrogens with zero attached hydrogens (tertiary/aromatic N) is 3. The predicted molar refractivity (Wildman–Crippen MR) is 133 cm³/mol. The van der Waals surface area contributed by atoms with Crippen molar-refractivity contribution in [3.05, 3.63) is 64.6 Å². The molecule has 0 atom stereocenters. The number of amides is 3. The number of carbonyl (C=O) groups is 4. The molecular weight excluding hydrogens is 466 g/mol. The second-order valence-electron chi connectivity index (χ2n) is 8.70. The van der Waals surface area contributed by atoms with Crippen molar-refractivity contribution in [3.8, 4) is 0 Å². The molecule has 35 heavy (non-hydrogen) atoms. The highest BCUT2D eigenvalue weighted by Crippen LogP contribution is 2.46. The fraction of sp³-hybridized carbons (Fsp3) is 0.269. The second kappa shape index (κ2) is 9.14. The molecule has 5 rings (SSSR count). The summed E-state index contributed by atoms with van der Waals surface area (Å²) in [4.78, 5) is 58.5. The van der Waals surface area contributed by atoms with Gasteiger partial charge in [-0.05, 0) is 48.9 Å². The van der Waals surface area contributed by atoms with Crippen LogP contribution in [-0.4, -0.2) is 44.9 Å². The minimum absolute atomic E-state index is 0.0566. The van der Waals surface area contributed by atoms with E-state index in [9.17, 15) is 24.3 Å². The lowest BCUT2D eigenvalue weighted by Crippen LogP contribution is -2.40. The fourth-order valence-electron chi connectivity index (χ4n) is 4.84. The minimum Gasteiger partial charge on any atom is -0.478 e. The van der Waals surface area contributed by atoms with Gasteiger partial charge in [0, 0.05) is 18.5 Å². The maximum Gasteiger partial charge on any atom is 0.335 e. The summed E-state index contributed by atoms with van der Waals surface area (Å²) < 4.78 is 0. The van der Waals surface area contributed by atoms with Gasteiger partial charge in [-0.25, -0.2) is 14.7 Å². The number of thioether (sulfide) groups is 1. The Balaban J connectivity index is 1.64. The molecule has 8 nitrogen and oxygen atoms in total. The predicted octanol–water partition coefficient (Wildman–Crippen LogP) is 4.58. The molecule has 1 N–H and O–H groups in total. The zero-order chi connectivity index (χ0) is 24.7. The number of hydrogen-bond donors (Lipinski definition) is 1. The summed E-state index contributed by atoms with van der Waals surface area (Å²) >= 11 is 1.11. The number of fused-ring (bicyclic) bond motifs is 1. The molecule has 0 unspecified atom stereocenters.